The summed E-state index contributed by atoms with van der Waals surface area (Å²) in [5.41, 5.74) is 3.04. The number of thiazole rings is 1. The van der Waals surface area contributed by atoms with Crippen molar-refractivity contribution < 1.29 is 14.7 Å². The van der Waals surface area contributed by atoms with E-state index in [2.05, 4.69) is 15.6 Å². The van der Waals surface area contributed by atoms with Gasteiger partial charge in [-0.3, -0.25) is 9.59 Å². The molecule has 1 aliphatic carbocycles. The third-order valence-electron chi connectivity index (χ3n) is 5.27. The van der Waals surface area contributed by atoms with Crippen LogP contribution in [0.25, 0.3) is 10.2 Å². The van der Waals surface area contributed by atoms with Crippen molar-refractivity contribution in [1.82, 2.24) is 10.3 Å². The number of nitrogens with zero attached hydrogens (tertiary/aromatic N) is 1. The predicted molar refractivity (Wildman–Crippen MR) is 110 cm³/mol. The Balaban J connectivity index is 1.52. The molecule has 0 radical (unpaired) electrons. The van der Waals surface area contributed by atoms with E-state index in [9.17, 15) is 14.7 Å². The first-order valence-corrected chi connectivity index (χ1v) is 9.95. The van der Waals surface area contributed by atoms with Gasteiger partial charge in [0.05, 0.1) is 28.6 Å². The number of aromatic nitrogens is 1. The van der Waals surface area contributed by atoms with Crippen LogP contribution in [-0.4, -0.2) is 29.0 Å². The van der Waals surface area contributed by atoms with E-state index in [1.54, 1.807) is 0 Å². The van der Waals surface area contributed by atoms with Crippen LogP contribution in [0.15, 0.2) is 42.5 Å². The summed E-state index contributed by atoms with van der Waals surface area (Å²) in [6.45, 7) is 0.296. The first-order chi connectivity index (χ1) is 13.5. The van der Waals surface area contributed by atoms with Crippen LogP contribution >= 0.6 is 11.3 Å². The van der Waals surface area contributed by atoms with Gasteiger partial charge in [0.15, 0.2) is 0 Å². The number of anilines is 1. The molecule has 4 rings (SSSR count). The number of aliphatic carboxylic acids is 1. The molecular formula is C21H21N3O3S. The van der Waals surface area contributed by atoms with E-state index in [4.69, 9.17) is 0 Å². The maximum Gasteiger partial charge on any atom is 0.304 e. The molecule has 0 spiro atoms. The van der Waals surface area contributed by atoms with Gasteiger partial charge in [-0.2, -0.15) is 0 Å². The minimum absolute atomic E-state index is 0.182. The fourth-order valence-electron chi connectivity index (χ4n) is 3.90. The van der Waals surface area contributed by atoms with Crippen molar-refractivity contribution in [3.05, 3.63) is 58.6 Å². The Labute approximate surface area is 166 Å². The van der Waals surface area contributed by atoms with Crippen molar-refractivity contribution in [2.45, 2.75) is 25.8 Å². The van der Waals surface area contributed by atoms with Gasteiger partial charge in [0.1, 0.15) is 5.01 Å². The number of nitrogens with one attached hydrogen (secondary N) is 2. The van der Waals surface area contributed by atoms with Gasteiger partial charge in [-0.25, -0.2) is 4.98 Å². The average Bonchev–Trinajstić information content (AvgIpc) is 3.25. The number of benzene rings is 2. The van der Waals surface area contributed by atoms with Gasteiger partial charge in [-0.15, -0.1) is 11.3 Å². The van der Waals surface area contributed by atoms with Gasteiger partial charge in [-0.05, 0) is 42.2 Å². The SMILES string of the molecule is CNc1ccc2sc(CNC(=O)C3(CC(=O)O)Cc4ccccc4C3)nc2c1. The van der Waals surface area contributed by atoms with Crippen LogP contribution in [0.5, 0.6) is 0 Å². The molecule has 2 aromatic carbocycles. The monoisotopic (exact) mass is 395 g/mol. The average molecular weight is 395 g/mol. The normalized spacial score (nSPS) is 14.6. The second kappa shape index (κ2) is 7.24. The molecule has 3 N–H and O–H groups in total. The Kier molecular flexibility index (Phi) is 4.77. The molecule has 0 atom stereocenters. The number of carbonyl (C=O) groups excluding carboxylic acids is 1. The zero-order chi connectivity index (χ0) is 19.7. The molecule has 1 heterocycles. The van der Waals surface area contributed by atoms with E-state index < -0.39 is 11.4 Å². The summed E-state index contributed by atoms with van der Waals surface area (Å²) in [4.78, 5) is 29.1. The van der Waals surface area contributed by atoms with Crippen molar-refractivity contribution in [3.8, 4) is 0 Å². The van der Waals surface area contributed by atoms with E-state index in [0.29, 0.717) is 19.4 Å². The summed E-state index contributed by atoms with van der Waals surface area (Å²) >= 11 is 1.53. The van der Waals surface area contributed by atoms with Gasteiger partial charge in [0.2, 0.25) is 5.91 Å². The number of carboxylic acids is 1. The Bertz CT molecular complexity index is 1030. The second-order valence-electron chi connectivity index (χ2n) is 7.20. The number of rotatable bonds is 6. The lowest BCUT2D eigenvalue weighted by Gasteiger charge is -2.25. The number of carboxylic acid groups (broad SMARTS) is 1. The van der Waals surface area contributed by atoms with Gasteiger partial charge in [0.25, 0.3) is 0 Å². The Morgan fingerprint density at radius 2 is 1.89 bits per heavy atom. The molecule has 28 heavy (non-hydrogen) atoms. The molecule has 0 saturated carbocycles. The van der Waals surface area contributed by atoms with Gasteiger partial charge in [-0.1, -0.05) is 24.3 Å². The predicted octanol–water partition coefficient (Wildman–Crippen LogP) is 3.21. The molecular weight excluding hydrogens is 374 g/mol. The first kappa shape index (κ1) is 18.4. The van der Waals surface area contributed by atoms with Crippen molar-refractivity contribution >= 4 is 39.1 Å². The third-order valence-corrected chi connectivity index (χ3v) is 6.30. The van der Waals surface area contributed by atoms with E-state index in [1.807, 2.05) is 49.5 Å². The van der Waals surface area contributed by atoms with E-state index in [0.717, 1.165) is 32.0 Å². The van der Waals surface area contributed by atoms with Crippen LogP contribution in [0.1, 0.15) is 22.6 Å². The summed E-state index contributed by atoms with van der Waals surface area (Å²) in [7, 11) is 1.86. The standard InChI is InChI=1S/C21H21N3O3S/c1-22-15-6-7-17-16(8-15)24-18(28-17)12-23-20(27)21(11-19(25)26)9-13-4-2-3-5-14(13)10-21/h2-8,22H,9-12H2,1H3,(H,23,27)(H,25,26). The van der Waals surface area contributed by atoms with E-state index >= 15 is 0 Å². The van der Waals surface area contributed by atoms with Crippen molar-refractivity contribution in [2.24, 2.45) is 5.41 Å². The minimum Gasteiger partial charge on any atom is -0.481 e. The topological polar surface area (TPSA) is 91.3 Å². The molecule has 0 aliphatic heterocycles. The lowest BCUT2D eigenvalue weighted by Crippen LogP contribution is -2.43. The molecule has 1 aliphatic rings. The van der Waals surface area contributed by atoms with Crippen molar-refractivity contribution in [2.75, 3.05) is 12.4 Å². The number of fused-ring (bicyclic) bond motifs is 2. The lowest BCUT2D eigenvalue weighted by molar-refractivity contribution is -0.145. The second-order valence-corrected chi connectivity index (χ2v) is 8.31. The van der Waals surface area contributed by atoms with Gasteiger partial charge >= 0.3 is 5.97 Å². The zero-order valence-corrected chi connectivity index (χ0v) is 16.3. The molecule has 6 nitrogen and oxygen atoms in total. The van der Waals surface area contributed by atoms with Crippen molar-refractivity contribution in [3.63, 3.8) is 0 Å². The summed E-state index contributed by atoms with van der Waals surface area (Å²) in [5.74, 6) is -1.18. The Hall–Kier alpha value is -2.93. The molecule has 1 aromatic heterocycles. The van der Waals surface area contributed by atoms with Crippen LogP contribution in [-0.2, 0) is 29.0 Å². The zero-order valence-electron chi connectivity index (χ0n) is 15.5. The van der Waals surface area contributed by atoms with Crippen LogP contribution in [0.2, 0.25) is 0 Å². The molecule has 0 fully saturated rings. The van der Waals surface area contributed by atoms with Gasteiger partial charge < -0.3 is 15.7 Å². The molecule has 0 unspecified atom stereocenters. The Morgan fingerprint density at radius 1 is 1.18 bits per heavy atom. The van der Waals surface area contributed by atoms with Gasteiger partial charge in [0, 0.05) is 12.7 Å². The van der Waals surface area contributed by atoms with Crippen molar-refractivity contribution in [1.29, 1.82) is 0 Å². The maximum atomic E-state index is 13.1. The number of carbonyl (C=O) groups is 2. The summed E-state index contributed by atoms with van der Waals surface area (Å²) in [6.07, 6.45) is 0.720. The highest BCUT2D eigenvalue weighted by Gasteiger charge is 2.45. The number of amides is 1. The van der Waals surface area contributed by atoms with Crippen LogP contribution < -0.4 is 10.6 Å². The number of hydrogen-bond acceptors (Lipinski definition) is 5. The quantitative estimate of drug-likeness (QED) is 0.596. The smallest absolute Gasteiger partial charge is 0.304 e. The molecule has 3 aromatic rings. The summed E-state index contributed by atoms with van der Waals surface area (Å²) in [6, 6.07) is 13.8. The molecule has 1 amide bonds. The minimum atomic E-state index is -0.956. The van der Waals surface area contributed by atoms with Crippen LogP contribution in [0, 0.1) is 5.41 Å². The highest BCUT2D eigenvalue weighted by molar-refractivity contribution is 7.18. The fourth-order valence-corrected chi connectivity index (χ4v) is 4.79. The number of hydrogen-bond donors (Lipinski definition) is 3. The Morgan fingerprint density at radius 3 is 2.54 bits per heavy atom. The van der Waals surface area contributed by atoms with E-state index in [-0.39, 0.29) is 12.3 Å². The molecule has 7 heteroatoms. The summed E-state index contributed by atoms with van der Waals surface area (Å²) < 4.78 is 1.05. The molecule has 144 valence electrons. The highest BCUT2D eigenvalue weighted by atomic mass is 32.1. The maximum absolute atomic E-state index is 13.1. The fraction of sp³-hybridized carbons (Fsp3) is 0.286. The molecule has 0 saturated heterocycles. The third kappa shape index (κ3) is 3.45. The van der Waals surface area contributed by atoms with E-state index in [1.165, 1.54) is 11.3 Å². The van der Waals surface area contributed by atoms with Crippen LogP contribution in [0.3, 0.4) is 0 Å². The lowest BCUT2D eigenvalue weighted by atomic mass is 9.80. The first-order valence-electron chi connectivity index (χ1n) is 9.13. The largest absolute Gasteiger partial charge is 0.481 e. The van der Waals surface area contributed by atoms with Crippen LogP contribution in [0.4, 0.5) is 5.69 Å². The highest BCUT2D eigenvalue weighted by Crippen LogP contribution is 2.40. The summed E-state index contributed by atoms with van der Waals surface area (Å²) in [5, 5.41) is 16.2. The molecule has 0 bridgehead atoms.